The van der Waals surface area contributed by atoms with Gasteiger partial charge in [0.15, 0.2) is 0 Å². The fourth-order valence-corrected chi connectivity index (χ4v) is 4.39. The topological polar surface area (TPSA) is 55.5 Å². The standard InChI is InChI=1S/C26H35N5O2/c1-20-19-30(25(32)31(20)22-10-11-24(27-18-22)26(2,3)33-5)13-12-21-8-6-7-9-23(21)29-16-14-28(4)15-17-29/h6-11,18-19H,12-17H2,1-5H3. The molecule has 1 aliphatic heterocycles. The second kappa shape index (κ2) is 9.53. The predicted molar refractivity (Wildman–Crippen MR) is 132 cm³/mol. The van der Waals surface area contributed by atoms with E-state index in [-0.39, 0.29) is 5.69 Å². The fraction of sp³-hybridized carbons (Fsp3) is 0.462. The quantitative estimate of drug-likeness (QED) is 0.554. The van der Waals surface area contributed by atoms with Gasteiger partial charge in [0.1, 0.15) is 5.60 Å². The Balaban J connectivity index is 1.53. The van der Waals surface area contributed by atoms with Crippen LogP contribution in [0.1, 0.15) is 30.8 Å². The highest BCUT2D eigenvalue weighted by Crippen LogP contribution is 2.24. The van der Waals surface area contributed by atoms with E-state index in [0.717, 1.165) is 49.7 Å². The Bertz CT molecular complexity index is 1140. The minimum atomic E-state index is -0.471. The lowest BCUT2D eigenvalue weighted by atomic mass is 10.0. The molecule has 33 heavy (non-hydrogen) atoms. The minimum absolute atomic E-state index is 0.0369. The molecule has 0 atom stereocenters. The van der Waals surface area contributed by atoms with Crippen molar-refractivity contribution in [1.29, 1.82) is 0 Å². The van der Waals surface area contributed by atoms with Crippen LogP contribution in [0, 0.1) is 6.92 Å². The van der Waals surface area contributed by atoms with Gasteiger partial charge >= 0.3 is 5.69 Å². The molecule has 0 unspecified atom stereocenters. The Morgan fingerprint density at radius 3 is 2.45 bits per heavy atom. The molecule has 0 saturated carbocycles. The molecule has 176 valence electrons. The number of rotatable bonds is 7. The number of para-hydroxylation sites is 1. The number of piperazine rings is 1. The number of pyridine rings is 1. The molecule has 0 aliphatic carbocycles. The molecule has 0 bridgehead atoms. The summed E-state index contributed by atoms with van der Waals surface area (Å²) < 4.78 is 9.05. The van der Waals surface area contributed by atoms with Crippen LogP contribution in [-0.2, 0) is 23.3 Å². The van der Waals surface area contributed by atoms with E-state index in [0.29, 0.717) is 6.54 Å². The van der Waals surface area contributed by atoms with Crippen LogP contribution in [0.3, 0.4) is 0 Å². The zero-order valence-electron chi connectivity index (χ0n) is 20.4. The van der Waals surface area contributed by atoms with Gasteiger partial charge in [-0.1, -0.05) is 18.2 Å². The van der Waals surface area contributed by atoms with E-state index in [2.05, 4.69) is 46.1 Å². The van der Waals surface area contributed by atoms with Gasteiger partial charge in [-0.25, -0.2) is 4.79 Å². The van der Waals surface area contributed by atoms with Gasteiger partial charge in [-0.2, -0.15) is 0 Å². The molecule has 4 rings (SSSR count). The number of hydrogen-bond acceptors (Lipinski definition) is 5. The average Bonchev–Trinajstić information content (AvgIpc) is 3.11. The summed E-state index contributed by atoms with van der Waals surface area (Å²) in [6.45, 7) is 10.8. The second-order valence-electron chi connectivity index (χ2n) is 9.37. The van der Waals surface area contributed by atoms with Crippen molar-refractivity contribution in [2.24, 2.45) is 0 Å². The molecule has 2 aromatic heterocycles. The molecule has 3 aromatic rings. The molecule has 0 radical (unpaired) electrons. The summed E-state index contributed by atoms with van der Waals surface area (Å²) in [4.78, 5) is 22.6. The lowest BCUT2D eigenvalue weighted by Crippen LogP contribution is -2.44. The first-order valence-electron chi connectivity index (χ1n) is 11.6. The molecule has 1 aromatic carbocycles. The van der Waals surface area contributed by atoms with Crippen molar-refractivity contribution >= 4 is 5.69 Å². The normalized spacial score (nSPS) is 15.2. The molecule has 0 N–H and O–H groups in total. The van der Waals surface area contributed by atoms with Gasteiger partial charge in [0, 0.05) is 57.4 Å². The maximum atomic E-state index is 13.2. The minimum Gasteiger partial charge on any atom is -0.373 e. The van der Waals surface area contributed by atoms with Gasteiger partial charge in [0.05, 0.1) is 17.6 Å². The summed E-state index contributed by atoms with van der Waals surface area (Å²) in [6, 6.07) is 12.4. The van der Waals surface area contributed by atoms with Crippen LogP contribution in [-0.4, -0.2) is 59.4 Å². The number of likely N-dealkylation sites (N-methyl/N-ethyl adjacent to an activating group) is 1. The first-order valence-corrected chi connectivity index (χ1v) is 11.6. The number of nitrogens with zero attached hydrogens (tertiary/aromatic N) is 5. The molecule has 7 nitrogen and oxygen atoms in total. The van der Waals surface area contributed by atoms with Crippen molar-refractivity contribution < 1.29 is 4.74 Å². The number of aromatic nitrogens is 3. The molecular formula is C26H35N5O2. The lowest BCUT2D eigenvalue weighted by molar-refractivity contribution is 0.0155. The smallest absolute Gasteiger partial charge is 0.333 e. The van der Waals surface area contributed by atoms with Crippen LogP contribution in [0.25, 0.3) is 5.69 Å². The van der Waals surface area contributed by atoms with Gasteiger partial charge in [-0.05, 0) is 58.0 Å². The van der Waals surface area contributed by atoms with E-state index in [9.17, 15) is 4.79 Å². The van der Waals surface area contributed by atoms with Crippen molar-refractivity contribution in [2.45, 2.75) is 39.3 Å². The highest BCUT2D eigenvalue weighted by molar-refractivity contribution is 5.54. The number of imidazole rings is 1. The monoisotopic (exact) mass is 449 g/mol. The molecule has 7 heteroatoms. The average molecular weight is 450 g/mol. The first-order chi connectivity index (χ1) is 15.8. The van der Waals surface area contributed by atoms with Crippen molar-refractivity contribution in [3.8, 4) is 5.69 Å². The van der Waals surface area contributed by atoms with Crippen LogP contribution in [0.4, 0.5) is 5.69 Å². The van der Waals surface area contributed by atoms with E-state index < -0.39 is 5.60 Å². The van der Waals surface area contributed by atoms with Gasteiger partial charge in [-0.15, -0.1) is 0 Å². The summed E-state index contributed by atoms with van der Waals surface area (Å²) >= 11 is 0. The Morgan fingerprint density at radius 2 is 1.79 bits per heavy atom. The third kappa shape index (κ3) is 4.89. The Kier molecular flexibility index (Phi) is 6.72. The summed E-state index contributed by atoms with van der Waals surface area (Å²) in [7, 11) is 3.84. The van der Waals surface area contributed by atoms with E-state index in [1.165, 1.54) is 11.3 Å². The largest absolute Gasteiger partial charge is 0.373 e. The zero-order chi connectivity index (χ0) is 23.6. The number of methoxy groups -OCH3 is 1. The fourth-order valence-electron chi connectivity index (χ4n) is 4.39. The van der Waals surface area contributed by atoms with Crippen LogP contribution < -0.4 is 10.6 Å². The molecular weight excluding hydrogens is 414 g/mol. The Morgan fingerprint density at radius 1 is 1.06 bits per heavy atom. The van der Waals surface area contributed by atoms with Crippen LogP contribution in [0.5, 0.6) is 0 Å². The highest BCUT2D eigenvalue weighted by Gasteiger charge is 2.21. The maximum absolute atomic E-state index is 13.2. The predicted octanol–water partition coefficient (Wildman–Crippen LogP) is 3.22. The Hall–Kier alpha value is -2.90. The van der Waals surface area contributed by atoms with Gasteiger partial charge in [0.25, 0.3) is 0 Å². The SMILES string of the molecule is COC(C)(C)c1ccc(-n2c(C)cn(CCc3ccccc3N3CCN(C)CC3)c2=O)cn1. The van der Waals surface area contributed by atoms with Crippen molar-refractivity contribution in [1.82, 2.24) is 19.0 Å². The first kappa shape index (κ1) is 23.3. The molecule has 1 saturated heterocycles. The van der Waals surface area contributed by atoms with E-state index in [1.807, 2.05) is 43.7 Å². The number of hydrogen-bond donors (Lipinski definition) is 0. The second-order valence-corrected chi connectivity index (χ2v) is 9.37. The summed E-state index contributed by atoms with van der Waals surface area (Å²) in [5, 5.41) is 0. The molecule has 0 amide bonds. The van der Waals surface area contributed by atoms with Crippen molar-refractivity contribution in [3.05, 3.63) is 76.2 Å². The lowest BCUT2D eigenvalue weighted by Gasteiger charge is -2.35. The number of anilines is 1. The summed E-state index contributed by atoms with van der Waals surface area (Å²) in [5.41, 5.74) is 4.56. The van der Waals surface area contributed by atoms with E-state index in [1.54, 1.807) is 17.9 Å². The summed E-state index contributed by atoms with van der Waals surface area (Å²) in [6.07, 6.45) is 4.50. The van der Waals surface area contributed by atoms with Crippen molar-refractivity contribution in [2.75, 3.05) is 45.2 Å². The molecule has 1 aliphatic rings. The molecule has 3 heterocycles. The van der Waals surface area contributed by atoms with Gasteiger partial charge in [-0.3, -0.25) is 14.1 Å². The molecule has 0 spiro atoms. The number of benzene rings is 1. The van der Waals surface area contributed by atoms with Crippen LogP contribution in [0.2, 0.25) is 0 Å². The van der Waals surface area contributed by atoms with E-state index >= 15 is 0 Å². The van der Waals surface area contributed by atoms with Crippen LogP contribution in [0.15, 0.2) is 53.6 Å². The van der Waals surface area contributed by atoms with Crippen LogP contribution >= 0.6 is 0 Å². The third-order valence-electron chi connectivity index (χ3n) is 6.72. The van der Waals surface area contributed by atoms with Crippen molar-refractivity contribution in [3.63, 3.8) is 0 Å². The molecule has 1 fully saturated rings. The third-order valence-corrected chi connectivity index (χ3v) is 6.72. The van der Waals surface area contributed by atoms with E-state index in [4.69, 9.17) is 4.74 Å². The van der Waals surface area contributed by atoms with Gasteiger partial charge < -0.3 is 14.5 Å². The highest BCUT2D eigenvalue weighted by atomic mass is 16.5. The van der Waals surface area contributed by atoms with Gasteiger partial charge in [0.2, 0.25) is 0 Å². The maximum Gasteiger partial charge on any atom is 0.333 e. The zero-order valence-corrected chi connectivity index (χ0v) is 20.4. The summed E-state index contributed by atoms with van der Waals surface area (Å²) in [5.74, 6) is 0. The number of aryl methyl sites for hydroxylation is 3. The Labute approximate surface area is 196 Å². The number of ether oxygens (including phenoxy) is 1.